The highest BCUT2D eigenvalue weighted by molar-refractivity contribution is 5.86. The molecule has 31 heavy (non-hydrogen) atoms. The van der Waals surface area contributed by atoms with Crippen molar-refractivity contribution in [2.75, 3.05) is 6.61 Å². The van der Waals surface area contributed by atoms with Crippen molar-refractivity contribution in [1.82, 2.24) is 5.43 Å². The minimum atomic E-state index is -0.339. The SMILES string of the molecule is O=C(COc1ccccc1)N/N=C\c1ccccc1OCc1cccc2ccccc12. The van der Waals surface area contributed by atoms with Crippen molar-refractivity contribution >= 4 is 22.9 Å². The predicted molar refractivity (Wildman–Crippen MR) is 122 cm³/mol. The van der Waals surface area contributed by atoms with E-state index >= 15 is 0 Å². The first kappa shape index (κ1) is 20.2. The molecule has 4 aromatic carbocycles. The number of amides is 1. The van der Waals surface area contributed by atoms with Gasteiger partial charge in [0.2, 0.25) is 0 Å². The summed E-state index contributed by atoms with van der Waals surface area (Å²) in [7, 11) is 0. The van der Waals surface area contributed by atoms with Crippen molar-refractivity contribution in [3.63, 3.8) is 0 Å². The largest absolute Gasteiger partial charge is 0.488 e. The van der Waals surface area contributed by atoms with E-state index in [0.717, 1.165) is 11.1 Å². The summed E-state index contributed by atoms with van der Waals surface area (Å²) in [5.74, 6) is 0.983. The number of rotatable bonds is 8. The van der Waals surface area contributed by atoms with E-state index in [1.807, 2.05) is 60.7 Å². The van der Waals surface area contributed by atoms with Gasteiger partial charge in [-0.2, -0.15) is 5.10 Å². The van der Waals surface area contributed by atoms with Gasteiger partial charge in [-0.25, -0.2) is 5.43 Å². The van der Waals surface area contributed by atoms with Crippen molar-refractivity contribution in [2.24, 2.45) is 5.10 Å². The minimum absolute atomic E-state index is 0.111. The van der Waals surface area contributed by atoms with Gasteiger partial charge >= 0.3 is 0 Å². The Balaban J connectivity index is 1.36. The molecule has 0 bridgehead atoms. The highest BCUT2D eigenvalue weighted by Crippen LogP contribution is 2.22. The Labute approximate surface area is 180 Å². The molecule has 154 valence electrons. The smallest absolute Gasteiger partial charge is 0.277 e. The number of nitrogens with zero attached hydrogens (tertiary/aromatic N) is 1. The Kier molecular flexibility index (Phi) is 6.55. The second-order valence-electron chi connectivity index (χ2n) is 6.86. The van der Waals surface area contributed by atoms with E-state index < -0.39 is 0 Å². The topological polar surface area (TPSA) is 59.9 Å². The van der Waals surface area contributed by atoms with Gasteiger partial charge in [0.25, 0.3) is 5.91 Å². The maximum atomic E-state index is 11.9. The first-order valence-electron chi connectivity index (χ1n) is 9.98. The molecule has 0 aliphatic carbocycles. The van der Waals surface area contributed by atoms with Crippen molar-refractivity contribution in [3.05, 3.63) is 108 Å². The number of nitrogens with one attached hydrogen (secondary N) is 1. The van der Waals surface area contributed by atoms with Crippen LogP contribution >= 0.6 is 0 Å². The van der Waals surface area contributed by atoms with Gasteiger partial charge in [0.1, 0.15) is 18.1 Å². The number of hydrogen-bond acceptors (Lipinski definition) is 4. The van der Waals surface area contributed by atoms with Crippen LogP contribution in [-0.4, -0.2) is 18.7 Å². The quantitative estimate of drug-likeness (QED) is 0.330. The minimum Gasteiger partial charge on any atom is -0.488 e. The number of hydrogen-bond donors (Lipinski definition) is 1. The molecule has 0 atom stereocenters. The summed E-state index contributed by atoms with van der Waals surface area (Å²) in [5, 5.41) is 6.38. The van der Waals surface area contributed by atoms with Crippen molar-refractivity contribution in [1.29, 1.82) is 0 Å². The Hall–Kier alpha value is -4.12. The fourth-order valence-corrected chi connectivity index (χ4v) is 3.16. The summed E-state index contributed by atoms with van der Waals surface area (Å²) in [4.78, 5) is 11.9. The fourth-order valence-electron chi connectivity index (χ4n) is 3.16. The van der Waals surface area contributed by atoms with Crippen LogP contribution in [0, 0.1) is 0 Å². The number of carbonyl (C=O) groups excluding carboxylic acids is 1. The Bertz CT molecular complexity index is 1180. The third kappa shape index (κ3) is 5.48. The lowest BCUT2D eigenvalue weighted by molar-refractivity contribution is -0.123. The molecule has 0 saturated heterocycles. The second kappa shape index (κ2) is 10.1. The van der Waals surface area contributed by atoms with E-state index in [-0.39, 0.29) is 12.5 Å². The number of carbonyl (C=O) groups is 1. The Morgan fingerprint density at radius 1 is 0.806 bits per heavy atom. The van der Waals surface area contributed by atoms with Gasteiger partial charge in [-0.05, 0) is 40.6 Å². The van der Waals surface area contributed by atoms with E-state index in [1.165, 1.54) is 10.8 Å². The van der Waals surface area contributed by atoms with Crippen LogP contribution in [0.4, 0.5) is 0 Å². The van der Waals surface area contributed by atoms with Gasteiger partial charge in [0, 0.05) is 5.56 Å². The number of ether oxygens (including phenoxy) is 2. The monoisotopic (exact) mass is 410 g/mol. The highest BCUT2D eigenvalue weighted by atomic mass is 16.5. The molecule has 0 heterocycles. The van der Waals surface area contributed by atoms with Gasteiger partial charge in [-0.15, -0.1) is 0 Å². The molecule has 0 aliphatic rings. The first-order valence-corrected chi connectivity index (χ1v) is 9.98. The summed E-state index contributed by atoms with van der Waals surface area (Å²) in [6.07, 6.45) is 1.57. The molecule has 0 aromatic heterocycles. The molecule has 0 fully saturated rings. The van der Waals surface area contributed by atoms with Crippen LogP contribution in [0.25, 0.3) is 10.8 Å². The average molecular weight is 410 g/mol. The van der Waals surface area contributed by atoms with Crippen molar-refractivity contribution in [3.8, 4) is 11.5 Å². The maximum Gasteiger partial charge on any atom is 0.277 e. The maximum absolute atomic E-state index is 11.9. The first-order chi connectivity index (χ1) is 15.3. The second-order valence-corrected chi connectivity index (χ2v) is 6.86. The molecule has 1 amide bonds. The third-order valence-electron chi connectivity index (χ3n) is 4.69. The van der Waals surface area contributed by atoms with Crippen LogP contribution in [0.3, 0.4) is 0 Å². The summed E-state index contributed by atoms with van der Waals surface area (Å²) >= 11 is 0. The zero-order chi connectivity index (χ0) is 21.3. The van der Waals surface area contributed by atoms with E-state index in [0.29, 0.717) is 18.1 Å². The summed E-state index contributed by atoms with van der Waals surface area (Å²) in [5.41, 5.74) is 4.35. The van der Waals surface area contributed by atoms with Crippen molar-refractivity contribution in [2.45, 2.75) is 6.61 Å². The number of fused-ring (bicyclic) bond motifs is 1. The van der Waals surface area contributed by atoms with Gasteiger partial charge in [-0.3, -0.25) is 4.79 Å². The van der Waals surface area contributed by atoms with E-state index in [2.05, 4.69) is 34.8 Å². The lowest BCUT2D eigenvalue weighted by atomic mass is 10.1. The van der Waals surface area contributed by atoms with Crippen LogP contribution < -0.4 is 14.9 Å². The summed E-state index contributed by atoms with van der Waals surface area (Å²) < 4.78 is 11.5. The molecule has 5 nitrogen and oxygen atoms in total. The normalized spacial score (nSPS) is 10.8. The van der Waals surface area contributed by atoms with Crippen LogP contribution in [0.2, 0.25) is 0 Å². The number of benzene rings is 4. The molecule has 4 rings (SSSR count). The molecule has 0 aliphatic heterocycles. The zero-order valence-corrected chi connectivity index (χ0v) is 16.9. The number of hydrazone groups is 1. The lowest BCUT2D eigenvalue weighted by Gasteiger charge is -2.11. The van der Waals surface area contributed by atoms with E-state index in [1.54, 1.807) is 18.3 Å². The summed E-state index contributed by atoms with van der Waals surface area (Å²) in [6.45, 7) is 0.323. The Morgan fingerprint density at radius 3 is 2.45 bits per heavy atom. The molecule has 4 aromatic rings. The molecular formula is C26H22N2O3. The molecule has 0 saturated carbocycles. The molecule has 1 N–H and O–H groups in total. The van der Waals surface area contributed by atoms with Crippen LogP contribution in [0.1, 0.15) is 11.1 Å². The van der Waals surface area contributed by atoms with Gasteiger partial charge in [0.15, 0.2) is 6.61 Å². The van der Waals surface area contributed by atoms with Gasteiger partial charge < -0.3 is 9.47 Å². The molecule has 0 radical (unpaired) electrons. The summed E-state index contributed by atoms with van der Waals surface area (Å²) in [6, 6.07) is 31.1. The average Bonchev–Trinajstić information content (AvgIpc) is 2.83. The molecule has 0 spiro atoms. The fraction of sp³-hybridized carbons (Fsp3) is 0.0769. The van der Waals surface area contributed by atoms with Crippen LogP contribution in [-0.2, 0) is 11.4 Å². The van der Waals surface area contributed by atoms with Crippen LogP contribution in [0.5, 0.6) is 11.5 Å². The van der Waals surface area contributed by atoms with Gasteiger partial charge in [-0.1, -0.05) is 72.8 Å². The lowest BCUT2D eigenvalue weighted by Crippen LogP contribution is -2.24. The van der Waals surface area contributed by atoms with Gasteiger partial charge in [0.05, 0.1) is 6.21 Å². The number of para-hydroxylation sites is 2. The van der Waals surface area contributed by atoms with Crippen molar-refractivity contribution < 1.29 is 14.3 Å². The standard InChI is InChI=1S/C26H22N2O3/c29-26(19-30-23-13-2-1-3-14-23)28-27-17-21-10-5-7-16-25(21)31-18-22-12-8-11-20-9-4-6-15-24(20)22/h1-17H,18-19H2,(H,28,29)/b27-17-. The van der Waals surface area contributed by atoms with Crippen LogP contribution in [0.15, 0.2) is 102 Å². The zero-order valence-electron chi connectivity index (χ0n) is 16.9. The van der Waals surface area contributed by atoms with E-state index in [4.69, 9.17) is 9.47 Å². The van der Waals surface area contributed by atoms with E-state index in [9.17, 15) is 4.79 Å². The Morgan fingerprint density at radius 2 is 1.55 bits per heavy atom. The highest BCUT2D eigenvalue weighted by Gasteiger charge is 2.05. The third-order valence-corrected chi connectivity index (χ3v) is 4.69. The molecule has 5 heteroatoms. The predicted octanol–water partition coefficient (Wildman–Crippen LogP) is 4.95. The molecular weight excluding hydrogens is 388 g/mol. The molecule has 0 unspecified atom stereocenters.